The molecule has 0 aliphatic carbocycles. The van der Waals surface area contributed by atoms with Crippen molar-refractivity contribution in [3.63, 3.8) is 0 Å². The van der Waals surface area contributed by atoms with E-state index in [-0.39, 0.29) is 0 Å². The lowest BCUT2D eigenvalue weighted by Crippen LogP contribution is -2.08. The van der Waals surface area contributed by atoms with Gasteiger partial charge in [0, 0.05) is 0 Å². The molecule has 0 saturated carbocycles. The van der Waals surface area contributed by atoms with Crippen molar-refractivity contribution in [1.29, 1.82) is 0 Å². The predicted molar refractivity (Wildman–Crippen MR) is 64.7 cm³/mol. The first kappa shape index (κ1) is 10.1. The van der Waals surface area contributed by atoms with Gasteiger partial charge in [0.2, 0.25) is 0 Å². The maximum Gasteiger partial charge on any atom is 0.335 e. The summed E-state index contributed by atoms with van der Waals surface area (Å²) >= 11 is 0. The summed E-state index contributed by atoms with van der Waals surface area (Å²) in [5.74, 6) is 0.0488. The zero-order valence-corrected chi connectivity index (χ0v) is 9.27. The highest BCUT2D eigenvalue weighted by molar-refractivity contribution is 5.95. The molecule has 2 aromatic rings. The summed E-state index contributed by atoms with van der Waals surface area (Å²) in [6.45, 7) is 0.770. The van der Waals surface area contributed by atoms with Gasteiger partial charge in [-0.2, -0.15) is 0 Å². The highest BCUT2D eigenvalue weighted by atomic mass is 16.5. The first-order valence-corrected chi connectivity index (χ1v) is 5.67. The van der Waals surface area contributed by atoms with Crippen molar-refractivity contribution in [2.75, 3.05) is 6.61 Å². The van der Waals surface area contributed by atoms with Crippen molar-refractivity contribution < 1.29 is 14.6 Å². The first-order chi connectivity index (χ1) is 8.24. The van der Waals surface area contributed by atoms with Crippen LogP contribution < -0.4 is 4.74 Å². The Morgan fingerprint density at radius 3 is 2.88 bits per heavy atom. The van der Waals surface area contributed by atoms with Crippen LogP contribution in [0, 0.1) is 0 Å². The van der Waals surface area contributed by atoms with Crippen LogP contribution in [0.4, 0.5) is 0 Å². The molecular formula is C14H12O3. The van der Waals surface area contributed by atoms with Gasteiger partial charge in [0.1, 0.15) is 5.75 Å². The molecule has 1 heterocycles. The number of hydrogen-bond donors (Lipinski definition) is 1. The SMILES string of the molecule is O=C(O)c1ccc2cc3c(cc2c1)CCCO3. The van der Waals surface area contributed by atoms with E-state index >= 15 is 0 Å². The van der Waals surface area contributed by atoms with Crippen LogP contribution in [0.5, 0.6) is 5.75 Å². The molecule has 17 heavy (non-hydrogen) atoms. The highest BCUT2D eigenvalue weighted by Crippen LogP contribution is 2.30. The van der Waals surface area contributed by atoms with Crippen molar-refractivity contribution in [2.45, 2.75) is 12.8 Å². The molecule has 3 heteroatoms. The van der Waals surface area contributed by atoms with Gasteiger partial charge >= 0.3 is 5.97 Å². The molecular weight excluding hydrogens is 216 g/mol. The molecule has 3 rings (SSSR count). The molecule has 2 aromatic carbocycles. The van der Waals surface area contributed by atoms with Crippen molar-refractivity contribution in [3.8, 4) is 5.75 Å². The number of carbonyl (C=O) groups is 1. The Balaban J connectivity index is 2.20. The van der Waals surface area contributed by atoms with Gasteiger partial charge in [-0.3, -0.25) is 0 Å². The Morgan fingerprint density at radius 1 is 1.18 bits per heavy atom. The van der Waals surface area contributed by atoms with Crippen LogP contribution in [0.2, 0.25) is 0 Å². The van der Waals surface area contributed by atoms with Gasteiger partial charge in [-0.25, -0.2) is 4.79 Å². The van der Waals surface area contributed by atoms with Crippen LogP contribution >= 0.6 is 0 Å². The zero-order chi connectivity index (χ0) is 11.8. The van der Waals surface area contributed by atoms with E-state index in [0.29, 0.717) is 5.56 Å². The van der Waals surface area contributed by atoms with E-state index in [1.165, 1.54) is 5.56 Å². The van der Waals surface area contributed by atoms with E-state index in [1.54, 1.807) is 12.1 Å². The van der Waals surface area contributed by atoms with E-state index in [4.69, 9.17) is 9.84 Å². The van der Waals surface area contributed by atoms with Gasteiger partial charge in [-0.05, 0) is 53.4 Å². The van der Waals surface area contributed by atoms with Crippen molar-refractivity contribution in [1.82, 2.24) is 0 Å². The monoisotopic (exact) mass is 228 g/mol. The molecule has 0 fully saturated rings. The van der Waals surface area contributed by atoms with Crippen LogP contribution in [0.15, 0.2) is 30.3 Å². The third kappa shape index (κ3) is 1.73. The van der Waals surface area contributed by atoms with Crippen LogP contribution in [0.1, 0.15) is 22.3 Å². The summed E-state index contributed by atoms with van der Waals surface area (Å²) in [6.07, 6.45) is 2.03. The average Bonchev–Trinajstić information content (AvgIpc) is 2.35. The number of hydrogen-bond acceptors (Lipinski definition) is 2. The van der Waals surface area contributed by atoms with Gasteiger partial charge in [-0.1, -0.05) is 6.07 Å². The number of rotatable bonds is 1. The smallest absolute Gasteiger partial charge is 0.335 e. The fourth-order valence-corrected chi connectivity index (χ4v) is 2.23. The molecule has 86 valence electrons. The Hall–Kier alpha value is -2.03. The van der Waals surface area contributed by atoms with E-state index in [1.807, 2.05) is 18.2 Å². The summed E-state index contributed by atoms with van der Waals surface area (Å²) in [6, 6.07) is 9.20. The van der Waals surface area contributed by atoms with E-state index in [9.17, 15) is 4.79 Å². The quantitative estimate of drug-likeness (QED) is 0.816. The fourth-order valence-electron chi connectivity index (χ4n) is 2.23. The Labute approximate surface area is 98.6 Å². The van der Waals surface area contributed by atoms with Crippen LogP contribution in [0.3, 0.4) is 0 Å². The molecule has 0 atom stereocenters. The molecule has 1 N–H and O–H groups in total. The van der Waals surface area contributed by atoms with Gasteiger partial charge in [-0.15, -0.1) is 0 Å². The van der Waals surface area contributed by atoms with Crippen molar-refractivity contribution >= 4 is 16.7 Å². The maximum absolute atomic E-state index is 10.9. The van der Waals surface area contributed by atoms with Crippen molar-refractivity contribution in [3.05, 3.63) is 41.5 Å². The normalized spacial score (nSPS) is 14.1. The van der Waals surface area contributed by atoms with Gasteiger partial charge < -0.3 is 9.84 Å². The Morgan fingerprint density at radius 2 is 2.06 bits per heavy atom. The standard InChI is InChI=1S/C14H12O3/c15-14(16)11-4-3-9-8-13-10(2-1-5-17-13)6-12(9)7-11/h3-4,6-8H,1-2,5H2,(H,15,16). The minimum absolute atomic E-state index is 0.328. The summed E-state index contributed by atoms with van der Waals surface area (Å²) < 4.78 is 5.59. The van der Waals surface area contributed by atoms with Gasteiger partial charge in [0.05, 0.1) is 12.2 Å². The molecule has 0 radical (unpaired) electrons. The Bertz CT molecular complexity index is 602. The molecule has 0 bridgehead atoms. The van der Waals surface area contributed by atoms with Crippen LogP contribution in [-0.2, 0) is 6.42 Å². The van der Waals surface area contributed by atoms with Crippen LogP contribution in [-0.4, -0.2) is 17.7 Å². The van der Waals surface area contributed by atoms with Crippen molar-refractivity contribution in [2.24, 2.45) is 0 Å². The zero-order valence-electron chi connectivity index (χ0n) is 9.27. The number of aryl methyl sites for hydroxylation is 1. The van der Waals surface area contributed by atoms with E-state index in [2.05, 4.69) is 0 Å². The molecule has 0 saturated heterocycles. The average molecular weight is 228 g/mol. The largest absolute Gasteiger partial charge is 0.493 e. The second-order valence-electron chi connectivity index (χ2n) is 4.28. The third-order valence-corrected chi connectivity index (χ3v) is 3.11. The summed E-state index contributed by atoms with van der Waals surface area (Å²) in [4.78, 5) is 10.9. The lowest BCUT2D eigenvalue weighted by Gasteiger charge is -2.17. The minimum Gasteiger partial charge on any atom is -0.493 e. The second kappa shape index (κ2) is 3.77. The van der Waals surface area contributed by atoms with Crippen LogP contribution in [0.25, 0.3) is 10.8 Å². The second-order valence-corrected chi connectivity index (χ2v) is 4.28. The first-order valence-electron chi connectivity index (χ1n) is 5.67. The number of aromatic carboxylic acids is 1. The third-order valence-electron chi connectivity index (χ3n) is 3.11. The highest BCUT2D eigenvalue weighted by Gasteiger charge is 2.12. The molecule has 0 spiro atoms. The summed E-state index contributed by atoms with van der Waals surface area (Å²) in [5, 5.41) is 10.9. The van der Waals surface area contributed by atoms with E-state index in [0.717, 1.165) is 36.0 Å². The number of ether oxygens (including phenoxy) is 1. The number of carboxylic acid groups (broad SMARTS) is 1. The predicted octanol–water partition coefficient (Wildman–Crippen LogP) is 2.86. The Kier molecular flexibility index (Phi) is 2.25. The summed E-state index contributed by atoms with van der Waals surface area (Å²) in [7, 11) is 0. The molecule has 0 amide bonds. The lowest BCUT2D eigenvalue weighted by atomic mass is 9.99. The topological polar surface area (TPSA) is 46.5 Å². The minimum atomic E-state index is -0.888. The van der Waals surface area contributed by atoms with Gasteiger partial charge in [0.15, 0.2) is 0 Å². The lowest BCUT2D eigenvalue weighted by molar-refractivity contribution is 0.0697. The number of fused-ring (bicyclic) bond motifs is 2. The molecule has 3 nitrogen and oxygen atoms in total. The molecule has 0 aromatic heterocycles. The molecule has 0 unspecified atom stereocenters. The molecule has 1 aliphatic rings. The van der Waals surface area contributed by atoms with Gasteiger partial charge in [0.25, 0.3) is 0 Å². The summed E-state index contributed by atoms with van der Waals surface area (Å²) in [5.41, 5.74) is 1.50. The molecule has 1 aliphatic heterocycles. The maximum atomic E-state index is 10.9. The fraction of sp³-hybridized carbons (Fsp3) is 0.214. The number of carboxylic acids is 1. The number of benzene rings is 2. The van der Waals surface area contributed by atoms with E-state index < -0.39 is 5.97 Å².